The van der Waals surface area contributed by atoms with Crippen LogP contribution in [0.15, 0.2) is 29.6 Å². The molecule has 0 aliphatic carbocycles. The summed E-state index contributed by atoms with van der Waals surface area (Å²) in [6.07, 6.45) is 3.21. The molecule has 0 saturated carbocycles. The zero-order valence-corrected chi connectivity index (χ0v) is 13.3. The lowest BCUT2D eigenvalue weighted by atomic mass is 9.92. The van der Waals surface area contributed by atoms with Crippen molar-refractivity contribution in [3.8, 4) is 0 Å². The number of carbonyl (C=O) groups excluding carboxylic acids is 2. The molecule has 0 spiro atoms. The fourth-order valence-electron chi connectivity index (χ4n) is 3.05. The number of benzene rings is 1. The molecule has 1 aromatic carbocycles. The molecule has 0 radical (unpaired) electrons. The molecular formula is C17H20N2O2S. The summed E-state index contributed by atoms with van der Waals surface area (Å²) >= 11 is 1.69. The van der Waals surface area contributed by atoms with Gasteiger partial charge in [-0.15, -0.1) is 11.3 Å². The maximum Gasteiger partial charge on any atom is 0.253 e. The van der Waals surface area contributed by atoms with Gasteiger partial charge in [-0.2, -0.15) is 0 Å². The number of rotatable bonds is 4. The number of nitrogens with zero attached hydrogens (tertiary/aromatic N) is 1. The zero-order valence-electron chi connectivity index (χ0n) is 12.5. The monoisotopic (exact) mass is 316 g/mol. The van der Waals surface area contributed by atoms with Crippen LogP contribution in [0.3, 0.4) is 0 Å². The molecule has 2 amide bonds. The number of fused-ring (bicyclic) bond motifs is 1. The van der Waals surface area contributed by atoms with E-state index in [1.54, 1.807) is 11.3 Å². The SMILES string of the molecule is NC(=O)CCC1CCN(C(=O)c2ccc3sccc3c2)CC1. The van der Waals surface area contributed by atoms with E-state index in [1.807, 2.05) is 34.5 Å². The lowest BCUT2D eigenvalue weighted by molar-refractivity contribution is -0.118. The predicted octanol–water partition coefficient (Wildman–Crippen LogP) is 3.02. The van der Waals surface area contributed by atoms with Gasteiger partial charge >= 0.3 is 0 Å². The highest BCUT2D eigenvalue weighted by atomic mass is 32.1. The zero-order chi connectivity index (χ0) is 15.5. The summed E-state index contributed by atoms with van der Waals surface area (Å²) in [4.78, 5) is 25.4. The van der Waals surface area contributed by atoms with E-state index in [9.17, 15) is 9.59 Å². The first-order chi connectivity index (χ1) is 10.6. The molecule has 1 aromatic heterocycles. The average molecular weight is 316 g/mol. The van der Waals surface area contributed by atoms with Gasteiger partial charge in [-0.1, -0.05) is 0 Å². The van der Waals surface area contributed by atoms with Crippen molar-refractivity contribution >= 4 is 33.2 Å². The Labute approximate surface area is 133 Å². The van der Waals surface area contributed by atoms with Crippen LogP contribution in [0.2, 0.25) is 0 Å². The number of hydrogen-bond donors (Lipinski definition) is 1. The van der Waals surface area contributed by atoms with Gasteiger partial charge in [0.2, 0.25) is 5.91 Å². The largest absolute Gasteiger partial charge is 0.370 e. The van der Waals surface area contributed by atoms with Crippen LogP contribution in [0.25, 0.3) is 10.1 Å². The molecule has 4 nitrogen and oxygen atoms in total. The molecule has 1 saturated heterocycles. The molecule has 0 bridgehead atoms. The minimum Gasteiger partial charge on any atom is -0.370 e. The minimum atomic E-state index is -0.234. The molecule has 5 heteroatoms. The highest BCUT2D eigenvalue weighted by molar-refractivity contribution is 7.17. The van der Waals surface area contributed by atoms with Gasteiger partial charge in [-0.3, -0.25) is 9.59 Å². The number of nitrogens with two attached hydrogens (primary N) is 1. The third-order valence-electron chi connectivity index (χ3n) is 4.40. The van der Waals surface area contributed by atoms with E-state index < -0.39 is 0 Å². The molecule has 1 aliphatic heterocycles. The van der Waals surface area contributed by atoms with Gasteiger partial charge in [0.05, 0.1) is 0 Å². The van der Waals surface area contributed by atoms with Gasteiger partial charge in [0.1, 0.15) is 0 Å². The summed E-state index contributed by atoms with van der Waals surface area (Å²) in [7, 11) is 0. The second-order valence-corrected chi connectivity index (χ2v) is 6.86. The normalized spacial score (nSPS) is 16.1. The topological polar surface area (TPSA) is 63.4 Å². The molecule has 0 atom stereocenters. The van der Waals surface area contributed by atoms with Crippen molar-refractivity contribution in [3.05, 3.63) is 35.2 Å². The molecule has 1 fully saturated rings. The standard InChI is InChI=1S/C17H20N2O2S/c18-16(20)4-1-12-5-8-19(9-6-12)17(21)14-2-3-15-13(11-14)7-10-22-15/h2-3,7,10-12H,1,4-6,8-9H2,(H2,18,20). The van der Waals surface area contributed by atoms with Crippen molar-refractivity contribution in [2.75, 3.05) is 13.1 Å². The van der Waals surface area contributed by atoms with Gasteiger partial charge in [0, 0.05) is 29.8 Å². The predicted molar refractivity (Wildman–Crippen MR) is 88.9 cm³/mol. The molecule has 22 heavy (non-hydrogen) atoms. The summed E-state index contributed by atoms with van der Waals surface area (Å²) in [6.45, 7) is 1.54. The Morgan fingerprint density at radius 3 is 2.73 bits per heavy atom. The summed E-state index contributed by atoms with van der Waals surface area (Å²) in [5, 5.41) is 3.18. The van der Waals surface area contributed by atoms with E-state index in [-0.39, 0.29) is 11.8 Å². The lowest BCUT2D eigenvalue weighted by Crippen LogP contribution is -2.38. The molecule has 1 aliphatic rings. The Bertz CT molecular complexity index is 687. The van der Waals surface area contributed by atoms with Crippen molar-refractivity contribution in [1.82, 2.24) is 4.90 Å². The summed E-state index contributed by atoms with van der Waals surface area (Å²) < 4.78 is 1.21. The first-order valence-electron chi connectivity index (χ1n) is 7.68. The van der Waals surface area contributed by atoms with Crippen LogP contribution in [0.4, 0.5) is 0 Å². The first kappa shape index (κ1) is 15.0. The molecule has 2 N–H and O–H groups in total. The number of thiophene rings is 1. The van der Waals surface area contributed by atoms with Crippen LogP contribution in [0.5, 0.6) is 0 Å². The van der Waals surface area contributed by atoms with Crippen molar-refractivity contribution in [2.24, 2.45) is 11.7 Å². The third kappa shape index (κ3) is 3.30. The van der Waals surface area contributed by atoms with E-state index in [2.05, 4.69) is 0 Å². The van der Waals surface area contributed by atoms with Crippen LogP contribution in [0, 0.1) is 5.92 Å². The Morgan fingerprint density at radius 2 is 2.00 bits per heavy atom. The van der Waals surface area contributed by atoms with E-state index >= 15 is 0 Å². The maximum atomic E-state index is 12.6. The van der Waals surface area contributed by atoms with E-state index in [1.165, 1.54) is 4.70 Å². The van der Waals surface area contributed by atoms with Gasteiger partial charge in [0.25, 0.3) is 5.91 Å². The van der Waals surface area contributed by atoms with E-state index in [0.29, 0.717) is 12.3 Å². The molecule has 0 unspecified atom stereocenters. The molecule has 2 heterocycles. The fraction of sp³-hybridized carbons (Fsp3) is 0.412. The third-order valence-corrected chi connectivity index (χ3v) is 5.30. The number of primary amides is 1. The second kappa shape index (κ2) is 6.48. The minimum absolute atomic E-state index is 0.112. The summed E-state index contributed by atoms with van der Waals surface area (Å²) in [5.74, 6) is 0.389. The molecular weight excluding hydrogens is 296 g/mol. The highest BCUT2D eigenvalue weighted by Gasteiger charge is 2.23. The number of likely N-dealkylation sites (tertiary alicyclic amines) is 1. The Hall–Kier alpha value is -1.88. The summed E-state index contributed by atoms with van der Waals surface area (Å²) in [6, 6.07) is 7.97. The highest BCUT2D eigenvalue weighted by Crippen LogP contribution is 2.25. The van der Waals surface area contributed by atoms with Crippen LogP contribution in [0.1, 0.15) is 36.0 Å². The first-order valence-corrected chi connectivity index (χ1v) is 8.56. The fourth-order valence-corrected chi connectivity index (χ4v) is 3.82. The maximum absolute atomic E-state index is 12.6. The number of carbonyl (C=O) groups is 2. The molecule has 3 rings (SSSR count). The van der Waals surface area contributed by atoms with Crippen LogP contribution in [-0.2, 0) is 4.79 Å². The number of hydrogen-bond acceptors (Lipinski definition) is 3. The summed E-state index contributed by atoms with van der Waals surface area (Å²) in [5.41, 5.74) is 5.96. The number of piperidine rings is 1. The van der Waals surface area contributed by atoms with Gasteiger partial charge < -0.3 is 10.6 Å². The van der Waals surface area contributed by atoms with Crippen molar-refractivity contribution in [2.45, 2.75) is 25.7 Å². The Morgan fingerprint density at radius 1 is 1.23 bits per heavy atom. The van der Waals surface area contributed by atoms with Gasteiger partial charge in [-0.05, 0) is 60.2 Å². The van der Waals surface area contributed by atoms with E-state index in [0.717, 1.165) is 43.3 Å². The van der Waals surface area contributed by atoms with Crippen molar-refractivity contribution in [3.63, 3.8) is 0 Å². The average Bonchev–Trinajstić information content (AvgIpc) is 3.00. The molecule has 116 valence electrons. The quantitative estimate of drug-likeness (QED) is 0.942. The smallest absolute Gasteiger partial charge is 0.253 e. The van der Waals surface area contributed by atoms with Gasteiger partial charge in [0.15, 0.2) is 0 Å². The van der Waals surface area contributed by atoms with Crippen LogP contribution < -0.4 is 5.73 Å². The Kier molecular flexibility index (Phi) is 4.43. The second-order valence-electron chi connectivity index (χ2n) is 5.91. The van der Waals surface area contributed by atoms with E-state index in [4.69, 9.17) is 5.73 Å². The van der Waals surface area contributed by atoms with Crippen molar-refractivity contribution in [1.29, 1.82) is 0 Å². The van der Waals surface area contributed by atoms with Crippen molar-refractivity contribution < 1.29 is 9.59 Å². The Balaban J connectivity index is 1.60. The van der Waals surface area contributed by atoms with Gasteiger partial charge in [-0.25, -0.2) is 0 Å². The van der Waals surface area contributed by atoms with Crippen LogP contribution >= 0.6 is 11.3 Å². The van der Waals surface area contributed by atoms with Crippen LogP contribution in [-0.4, -0.2) is 29.8 Å². The number of amides is 2. The lowest BCUT2D eigenvalue weighted by Gasteiger charge is -2.32. The molecule has 2 aromatic rings.